The molecule has 0 saturated heterocycles. The van der Waals surface area contributed by atoms with E-state index in [1.54, 1.807) is 0 Å². The molecule has 0 bridgehead atoms. The molecule has 0 aromatic heterocycles. The summed E-state index contributed by atoms with van der Waals surface area (Å²) in [6, 6.07) is 4.52. The normalized spacial score (nSPS) is 26.8. The molecule has 20 heavy (non-hydrogen) atoms. The number of aliphatic hydroxyl groups is 1. The Labute approximate surface area is 123 Å². The first kappa shape index (κ1) is 15.5. The van der Waals surface area contributed by atoms with E-state index in [4.69, 9.17) is 0 Å². The van der Waals surface area contributed by atoms with Crippen molar-refractivity contribution in [2.45, 2.75) is 65.5 Å². The Morgan fingerprint density at radius 2 is 1.70 bits per heavy atom. The Hall–Kier alpha value is -0.860. The molecule has 2 nitrogen and oxygen atoms in total. The highest BCUT2D eigenvalue weighted by molar-refractivity contribution is 5.36. The minimum Gasteiger partial charge on any atom is -0.389 e. The molecule has 0 heterocycles. The molecule has 0 spiro atoms. The molecule has 1 aliphatic carbocycles. The Morgan fingerprint density at radius 1 is 1.10 bits per heavy atom. The van der Waals surface area contributed by atoms with Crippen molar-refractivity contribution in [2.24, 2.45) is 5.92 Å². The summed E-state index contributed by atoms with van der Waals surface area (Å²) in [5.41, 5.74) is 4.90. The van der Waals surface area contributed by atoms with Gasteiger partial charge in [-0.25, -0.2) is 0 Å². The highest BCUT2D eigenvalue weighted by Crippen LogP contribution is 2.31. The lowest BCUT2D eigenvalue weighted by Crippen LogP contribution is -2.43. The lowest BCUT2D eigenvalue weighted by atomic mass is 9.79. The molecule has 2 heteroatoms. The highest BCUT2D eigenvalue weighted by atomic mass is 16.3. The van der Waals surface area contributed by atoms with Crippen molar-refractivity contribution in [3.8, 4) is 0 Å². The van der Waals surface area contributed by atoms with Gasteiger partial charge in [0, 0.05) is 13.1 Å². The molecular formula is C18H29NO. The fraction of sp³-hybridized carbons (Fsp3) is 0.667. The molecule has 1 aromatic carbocycles. The van der Waals surface area contributed by atoms with Gasteiger partial charge >= 0.3 is 0 Å². The standard InChI is InChI=1S/C18H29NO/c1-13-5-7-18(20,8-6-13)12-19-11-17-10-15(3)14(2)9-16(17)4/h9-10,13,19-20H,5-8,11-12H2,1-4H3. The monoisotopic (exact) mass is 275 g/mol. The van der Waals surface area contributed by atoms with Crippen molar-refractivity contribution in [1.29, 1.82) is 0 Å². The van der Waals surface area contributed by atoms with Crippen LogP contribution in [0.5, 0.6) is 0 Å². The molecule has 1 saturated carbocycles. The van der Waals surface area contributed by atoms with Crippen LogP contribution in [0.2, 0.25) is 0 Å². The van der Waals surface area contributed by atoms with E-state index in [1.165, 1.54) is 22.3 Å². The van der Waals surface area contributed by atoms with Crippen LogP contribution in [0.15, 0.2) is 12.1 Å². The van der Waals surface area contributed by atoms with Crippen LogP contribution >= 0.6 is 0 Å². The second-order valence-electron chi connectivity index (χ2n) is 6.87. The van der Waals surface area contributed by atoms with Gasteiger partial charge in [0.15, 0.2) is 0 Å². The summed E-state index contributed by atoms with van der Waals surface area (Å²) in [4.78, 5) is 0. The van der Waals surface area contributed by atoms with Crippen molar-refractivity contribution in [1.82, 2.24) is 5.32 Å². The van der Waals surface area contributed by atoms with E-state index >= 15 is 0 Å². The van der Waals surface area contributed by atoms with E-state index in [2.05, 4.69) is 45.1 Å². The van der Waals surface area contributed by atoms with Crippen LogP contribution in [0.3, 0.4) is 0 Å². The smallest absolute Gasteiger partial charge is 0.0771 e. The molecule has 0 aliphatic heterocycles. The third-order valence-corrected chi connectivity index (χ3v) is 4.93. The number of hydrogen-bond donors (Lipinski definition) is 2. The largest absolute Gasteiger partial charge is 0.389 e. The molecule has 0 atom stereocenters. The fourth-order valence-corrected chi connectivity index (χ4v) is 3.12. The van der Waals surface area contributed by atoms with E-state index in [0.29, 0.717) is 6.54 Å². The topological polar surface area (TPSA) is 32.3 Å². The average Bonchev–Trinajstić information content (AvgIpc) is 2.39. The van der Waals surface area contributed by atoms with Crippen LogP contribution in [0, 0.1) is 26.7 Å². The van der Waals surface area contributed by atoms with Crippen molar-refractivity contribution in [3.63, 3.8) is 0 Å². The van der Waals surface area contributed by atoms with E-state index < -0.39 is 5.60 Å². The molecule has 2 rings (SSSR count). The van der Waals surface area contributed by atoms with Gasteiger partial charge in [0.1, 0.15) is 0 Å². The zero-order valence-corrected chi connectivity index (χ0v) is 13.4. The Balaban J connectivity index is 1.88. The van der Waals surface area contributed by atoms with Crippen molar-refractivity contribution >= 4 is 0 Å². The second-order valence-corrected chi connectivity index (χ2v) is 6.87. The Kier molecular flexibility index (Phi) is 4.87. The van der Waals surface area contributed by atoms with Gasteiger partial charge < -0.3 is 10.4 Å². The lowest BCUT2D eigenvalue weighted by Gasteiger charge is -2.35. The van der Waals surface area contributed by atoms with Gasteiger partial charge in [-0.1, -0.05) is 19.1 Å². The summed E-state index contributed by atoms with van der Waals surface area (Å²) in [5, 5.41) is 14.0. The maximum atomic E-state index is 10.6. The van der Waals surface area contributed by atoms with Crippen LogP contribution in [0.4, 0.5) is 0 Å². The zero-order chi connectivity index (χ0) is 14.8. The number of nitrogens with one attached hydrogen (secondary N) is 1. The van der Waals surface area contributed by atoms with Crippen LogP contribution < -0.4 is 5.32 Å². The maximum Gasteiger partial charge on any atom is 0.0771 e. The third-order valence-electron chi connectivity index (χ3n) is 4.93. The molecule has 112 valence electrons. The summed E-state index contributed by atoms with van der Waals surface area (Å²) in [6.07, 6.45) is 4.18. The number of hydrogen-bond acceptors (Lipinski definition) is 2. The van der Waals surface area contributed by atoms with Gasteiger partial charge in [-0.15, -0.1) is 0 Å². The summed E-state index contributed by atoms with van der Waals surface area (Å²) in [5.74, 6) is 0.775. The lowest BCUT2D eigenvalue weighted by molar-refractivity contribution is -0.00631. The van der Waals surface area contributed by atoms with Gasteiger partial charge in [0.05, 0.1) is 5.60 Å². The minimum absolute atomic E-state index is 0.486. The van der Waals surface area contributed by atoms with E-state index in [1.807, 2.05) is 0 Å². The Morgan fingerprint density at radius 3 is 2.35 bits per heavy atom. The van der Waals surface area contributed by atoms with Gasteiger partial charge in [-0.3, -0.25) is 0 Å². The van der Waals surface area contributed by atoms with E-state index in [0.717, 1.165) is 38.1 Å². The van der Waals surface area contributed by atoms with Gasteiger partial charge in [-0.2, -0.15) is 0 Å². The molecule has 0 amide bonds. The first-order valence-corrected chi connectivity index (χ1v) is 7.89. The van der Waals surface area contributed by atoms with Crippen LogP contribution in [-0.2, 0) is 6.54 Å². The van der Waals surface area contributed by atoms with Crippen LogP contribution in [0.25, 0.3) is 0 Å². The maximum absolute atomic E-state index is 10.6. The highest BCUT2D eigenvalue weighted by Gasteiger charge is 2.31. The molecule has 2 N–H and O–H groups in total. The SMILES string of the molecule is Cc1cc(C)c(CNCC2(O)CCC(C)CC2)cc1C. The van der Waals surface area contributed by atoms with Gasteiger partial charge in [-0.05, 0) is 74.6 Å². The summed E-state index contributed by atoms with van der Waals surface area (Å²) in [6.45, 7) is 10.3. The van der Waals surface area contributed by atoms with Gasteiger partial charge in [0.25, 0.3) is 0 Å². The number of benzene rings is 1. The summed E-state index contributed by atoms with van der Waals surface area (Å²) in [7, 11) is 0. The first-order chi connectivity index (χ1) is 9.39. The number of rotatable bonds is 4. The fourth-order valence-electron chi connectivity index (χ4n) is 3.12. The molecular weight excluding hydrogens is 246 g/mol. The molecule has 1 fully saturated rings. The van der Waals surface area contributed by atoms with Crippen molar-refractivity contribution in [2.75, 3.05) is 6.54 Å². The zero-order valence-electron chi connectivity index (χ0n) is 13.4. The van der Waals surface area contributed by atoms with E-state index in [9.17, 15) is 5.11 Å². The number of aryl methyl sites for hydroxylation is 3. The van der Waals surface area contributed by atoms with Crippen molar-refractivity contribution in [3.05, 3.63) is 34.4 Å². The van der Waals surface area contributed by atoms with Gasteiger partial charge in [0.2, 0.25) is 0 Å². The summed E-state index contributed by atoms with van der Waals surface area (Å²) >= 11 is 0. The summed E-state index contributed by atoms with van der Waals surface area (Å²) < 4.78 is 0. The molecule has 1 aromatic rings. The molecule has 0 radical (unpaired) electrons. The van der Waals surface area contributed by atoms with E-state index in [-0.39, 0.29) is 0 Å². The first-order valence-electron chi connectivity index (χ1n) is 7.89. The third kappa shape index (κ3) is 3.83. The van der Waals surface area contributed by atoms with Crippen LogP contribution in [-0.4, -0.2) is 17.3 Å². The molecule has 0 unspecified atom stereocenters. The van der Waals surface area contributed by atoms with Crippen molar-refractivity contribution < 1.29 is 5.11 Å². The second kappa shape index (κ2) is 6.28. The average molecular weight is 275 g/mol. The predicted molar refractivity (Wildman–Crippen MR) is 84.9 cm³/mol. The molecule has 1 aliphatic rings. The Bertz CT molecular complexity index is 459. The quantitative estimate of drug-likeness (QED) is 0.879. The predicted octanol–water partition coefficient (Wildman–Crippen LogP) is 3.64. The minimum atomic E-state index is -0.486. The van der Waals surface area contributed by atoms with Crippen LogP contribution in [0.1, 0.15) is 54.9 Å².